The standard InChI is InChI=1S/C7H12N2O2/c1-7(2,5-10)9-6(11)4-8-3/h10H,4-5H2,1-2H3,(H,9,11). The van der Waals surface area contributed by atoms with Gasteiger partial charge >= 0.3 is 5.91 Å². The molecular weight excluding hydrogens is 144 g/mol. The van der Waals surface area contributed by atoms with Gasteiger partial charge in [-0.1, -0.05) is 0 Å². The van der Waals surface area contributed by atoms with Crippen molar-refractivity contribution in [1.29, 1.82) is 0 Å². The van der Waals surface area contributed by atoms with Gasteiger partial charge in [0.05, 0.1) is 12.1 Å². The molecule has 0 unspecified atom stereocenters. The molecule has 0 saturated carbocycles. The lowest BCUT2D eigenvalue weighted by Gasteiger charge is -2.21. The van der Waals surface area contributed by atoms with Gasteiger partial charge in [-0.05, 0) is 13.8 Å². The van der Waals surface area contributed by atoms with Gasteiger partial charge in [0.15, 0.2) is 0 Å². The van der Waals surface area contributed by atoms with Gasteiger partial charge in [0.1, 0.15) is 0 Å². The van der Waals surface area contributed by atoms with Gasteiger partial charge in [0, 0.05) is 0 Å². The van der Waals surface area contributed by atoms with E-state index in [4.69, 9.17) is 11.7 Å². The van der Waals surface area contributed by atoms with Crippen LogP contribution in [0.25, 0.3) is 4.85 Å². The molecule has 0 spiro atoms. The fourth-order valence-corrected chi connectivity index (χ4v) is 0.528. The van der Waals surface area contributed by atoms with Crippen molar-refractivity contribution in [2.24, 2.45) is 0 Å². The number of aliphatic hydroxyl groups excluding tert-OH is 1. The summed E-state index contributed by atoms with van der Waals surface area (Å²) in [6, 6.07) is 0. The number of nitrogens with one attached hydrogen (secondary N) is 1. The molecule has 0 aliphatic rings. The fraction of sp³-hybridized carbons (Fsp3) is 0.714. The van der Waals surface area contributed by atoms with E-state index in [1.165, 1.54) is 0 Å². The number of carbonyl (C=O) groups is 1. The Labute approximate surface area is 66.0 Å². The lowest BCUT2D eigenvalue weighted by Crippen LogP contribution is -2.47. The van der Waals surface area contributed by atoms with Crippen LogP contribution in [0.2, 0.25) is 0 Å². The van der Waals surface area contributed by atoms with Crippen LogP contribution in [0.1, 0.15) is 13.8 Å². The first-order valence-electron chi connectivity index (χ1n) is 3.27. The van der Waals surface area contributed by atoms with Crippen LogP contribution in [0.3, 0.4) is 0 Å². The molecule has 0 rings (SSSR count). The van der Waals surface area contributed by atoms with Gasteiger partial charge in [-0.3, -0.25) is 4.79 Å². The summed E-state index contributed by atoms with van der Waals surface area (Å²) < 4.78 is 0. The van der Waals surface area contributed by atoms with Gasteiger partial charge in [0.25, 0.3) is 6.54 Å². The van der Waals surface area contributed by atoms with Crippen molar-refractivity contribution in [1.82, 2.24) is 5.32 Å². The highest BCUT2D eigenvalue weighted by Gasteiger charge is 2.19. The number of nitrogens with zero attached hydrogens (tertiary/aromatic N) is 1. The third-order valence-electron chi connectivity index (χ3n) is 1.10. The minimum Gasteiger partial charge on any atom is -0.394 e. The molecule has 4 heteroatoms. The van der Waals surface area contributed by atoms with E-state index in [0.717, 1.165) is 0 Å². The van der Waals surface area contributed by atoms with Crippen molar-refractivity contribution < 1.29 is 9.90 Å². The Bertz CT molecular complexity index is 181. The maximum Gasteiger partial charge on any atom is 0.300 e. The molecular formula is C7H12N2O2. The molecule has 2 N–H and O–H groups in total. The molecule has 62 valence electrons. The van der Waals surface area contributed by atoms with Gasteiger partial charge in [-0.25, -0.2) is 6.57 Å². The Hall–Kier alpha value is -1.08. The molecule has 0 aliphatic carbocycles. The number of hydrogen-bond acceptors (Lipinski definition) is 2. The van der Waals surface area contributed by atoms with Crippen LogP contribution in [0.5, 0.6) is 0 Å². The van der Waals surface area contributed by atoms with Crippen LogP contribution in [-0.4, -0.2) is 29.7 Å². The molecule has 0 aliphatic heterocycles. The maximum absolute atomic E-state index is 10.8. The summed E-state index contributed by atoms with van der Waals surface area (Å²) in [5.41, 5.74) is -0.623. The van der Waals surface area contributed by atoms with Gasteiger partial charge < -0.3 is 15.3 Å². The van der Waals surface area contributed by atoms with Gasteiger partial charge in [-0.15, -0.1) is 0 Å². The number of aliphatic hydroxyl groups is 1. The summed E-state index contributed by atoms with van der Waals surface area (Å²) in [5.74, 6) is -0.348. The normalized spacial score (nSPS) is 10.4. The zero-order valence-corrected chi connectivity index (χ0v) is 6.72. The number of amides is 1. The summed E-state index contributed by atoms with van der Waals surface area (Å²) in [4.78, 5) is 13.7. The predicted molar refractivity (Wildman–Crippen MR) is 40.8 cm³/mol. The molecule has 0 aromatic heterocycles. The van der Waals surface area contributed by atoms with Crippen molar-refractivity contribution in [2.45, 2.75) is 19.4 Å². The monoisotopic (exact) mass is 156 g/mol. The van der Waals surface area contributed by atoms with Crippen LogP contribution in [0.4, 0.5) is 0 Å². The molecule has 0 heterocycles. The first kappa shape index (κ1) is 9.92. The van der Waals surface area contributed by atoms with Crippen LogP contribution >= 0.6 is 0 Å². The SMILES string of the molecule is [C-]#[N+]CC(=O)NC(C)(C)CO. The van der Waals surface area contributed by atoms with E-state index in [2.05, 4.69) is 10.2 Å². The average molecular weight is 156 g/mol. The molecule has 11 heavy (non-hydrogen) atoms. The second-order valence-electron chi connectivity index (χ2n) is 2.91. The second kappa shape index (κ2) is 3.94. The molecule has 0 fully saturated rings. The fourth-order valence-electron chi connectivity index (χ4n) is 0.528. The van der Waals surface area contributed by atoms with Crippen LogP contribution in [0, 0.1) is 6.57 Å². The average Bonchev–Trinajstić information content (AvgIpc) is 1.87. The van der Waals surface area contributed by atoms with E-state index in [-0.39, 0.29) is 19.1 Å². The number of rotatable bonds is 3. The minimum atomic E-state index is -0.623. The molecule has 4 nitrogen and oxygen atoms in total. The predicted octanol–water partition coefficient (Wildman–Crippen LogP) is -0.207. The Kier molecular flexibility index (Phi) is 3.55. The highest BCUT2D eigenvalue weighted by Crippen LogP contribution is 1.98. The topological polar surface area (TPSA) is 53.7 Å². The van der Waals surface area contributed by atoms with Crippen molar-refractivity contribution in [2.75, 3.05) is 13.2 Å². The summed E-state index contributed by atoms with van der Waals surface area (Å²) in [6.07, 6.45) is 0. The Morgan fingerprint density at radius 2 is 2.27 bits per heavy atom. The zero-order chi connectivity index (χ0) is 8.91. The molecule has 0 saturated heterocycles. The van der Waals surface area contributed by atoms with Crippen LogP contribution in [-0.2, 0) is 4.79 Å². The Morgan fingerprint density at radius 3 is 2.64 bits per heavy atom. The maximum atomic E-state index is 10.8. The lowest BCUT2D eigenvalue weighted by molar-refractivity contribution is -0.121. The quantitative estimate of drug-likeness (QED) is 0.556. The van der Waals surface area contributed by atoms with E-state index in [1.54, 1.807) is 13.8 Å². The van der Waals surface area contributed by atoms with E-state index < -0.39 is 5.54 Å². The minimum absolute atomic E-state index is 0.128. The van der Waals surface area contributed by atoms with Gasteiger partial charge in [0.2, 0.25) is 0 Å². The molecule has 0 aromatic rings. The first-order chi connectivity index (χ1) is 5.02. The third kappa shape index (κ3) is 4.34. The molecule has 0 atom stereocenters. The summed E-state index contributed by atoms with van der Waals surface area (Å²) in [6.45, 7) is 9.47. The number of hydrogen-bond donors (Lipinski definition) is 2. The summed E-state index contributed by atoms with van der Waals surface area (Å²) in [5, 5.41) is 11.2. The Balaban J connectivity index is 3.86. The van der Waals surface area contributed by atoms with Crippen LogP contribution < -0.4 is 5.32 Å². The van der Waals surface area contributed by atoms with Crippen molar-refractivity contribution >= 4 is 5.91 Å². The van der Waals surface area contributed by atoms with Crippen molar-refractivity contribution in [3.05, 3.63) is 11.4 Å². The molecule has 0 bridgehead atoms. The van der Waals surface area contributed by atoms with E-state index >= 15 is 0 Å². The van der Waals surface area contributed by atoms with E-state index in [0.29, 0.717) is 0 Å². The van der Waals surface area contributed by atoms with Gasteiger partial charge in [-0.2, -0.15) is 0 Å². The van der Waals surface area contributed by atoms with Crippen molar-refractivity contribution in [3.8, 4) is 0 Å². The lowest BCUT2D eigenvalue weighted by atomic mass is 10.1. The highest BCUT2D eigenvalue weighted by atomic mass is 16.3. The van der Waals surface area contributed by atoms with E-state index in [9.17, 15) is 4.79 Å². The Morgan fingerprint density at radius 1 is 1.73 bits per heavy atom. The molecule has 1 amide bonds. The second-order valence-corrected chi connectivity index (χ2v) is 2.91. The highest BCUT2D eigenvalue weighted by molar-refractivity contribution is 5.80. The zero-order valence-electron chi connectivity index (χ0n) is 6.72. The van der Waals surface area contributed by atoms with Crippen LogP contribution in [0.15, 0.2) is 0 Å². The summed E-state index contributed by atoms with van der Waals surface area (Å²) >= 11 is 0. The smallest absolute Gasteiger partial charge is 0.300 e. The van der Waals surface area contributed by atoms with Crippen molar-refractivity contribution in [3.63, 3.8) is 0 Å². The largest absolute Gasteiger partial charge is 0.394 e. The number of carbonyl (C=O) groups excluding carboxylic acids is 1. The molecule has 0 aromatic carbocycles. The summed E-state index contributed by atoms with van der Waals surface area (Å²) in [7, 11) is 0. The van der Waals surface area contributed by atoms with E-state index in [1.807, 2.05) is 0 Å². The first-order valence-corrected chi connectivity index (χ1v) is 3.27. The molecule has 0 radical (unpaired) electrons. The third-order valence-corrected chi connectivity index (χ3v) is 1.10.